The highest BCUT2D eigenvalue weighted by molar-refractivity contribution is 8.00. The molecule has 0 radical (unpaired) electrons. The molecule has 49 heavy (non-hydrogen) atoms. The van der Waals surface area contributed by atoms with Gasteiger partial charge in [0.25, 0.3) is 11.8 Å². The lowest BCUT2D eigenvalue weighted by atomic mass is 9.95. The van der Waals surface area contributed by atoms with E-state index < -0.39 is 23.0 Å². The van der Waals surface area contributed by atoms with Gasteiger partial charge in [0.05, 0.1) is 12.7 Å². The highest BCUT2D eigenvalue weighted by Gasteiger charge is 2.30. The largest absolute Gasteiger partial charge is 0.465 e. The number of thiophene rings is 2. The third kappa shape index (κ3) is 8.37. The van der Waals surface area contributed by atoms with Crippen molar-refractivity contribution in [2.75, 3.05) is 17.7 Å². The van der Waals surface area contributed by atoms with Gasteiger partial charge in [0.15, 0.2) is 0 Å². The molecule has 5 aromatic rings. The number of hydrogen-bond donors (Lipinski definition) is 3. The first kappa shape index (κ1) is 33.9. The van der Waals surface area contributed by atoms with Gasteiger partial charge in [-0.05, 0) is 84.7 Å². The molecule has 8 nitrogen and oxygen atoms in total. The number of fused-ring (bicyclic) bond motifs is 1. The van der Waals surface area contributed by atoms with Crippen molar-refractivity contribution in [3.63, 3.8) is 0 Å². The van der Waals surface area contributed by atoms with Crippen molar-refractivity contribution < 1.29 is 23.9 Å². The Morgan fingerprint density at radius 3 is 2.35 bits per heavy atom. The topological polar surface area (TPSA) is 114 Å². The number of methoxy groups -OCH3 is 1. The van der Waals surface area contributed by atoms with Gasteiger partial charge in [-0.25, -0.2) is 4.79 Å². The third-order valence-electron chi connectivity index (χ3n) is 7.84. The van der Waals surface area contributed by atoms with E-state index >= 15 is 0 Å². The van der Waals surface area contributed by atoms with E-state index in [4.69, 9.17) is 4.74 Å². The molecule has 1 aliphatic carbocycles. The molecule has 0 saturated carbocycles. The van der Waals surface area contributed by atoms with E-state index in [0.29, 0.717) is 21.8 Å². The van der Waals surface area contributed by atoms with Crippen LogP contribution in [0.5, 0.6) is 0 Å². The van der Waals surface area contributed by atoms with Gasteiger partial charge in [-0.2, -0.15) is 0 Å². The number of hydrogen-bond acceptors (Lipinski definition) is 8. The maximum atomic E-state index is 14.0. The van der Waals surface area contributed by atoms with Crippen LogP contribution in [0.3, 0.4) is 0 Å². The summed E-state index contributed by atoms with van der Waals surface area (Å²) in [5.41, 5.74) is 3.21. The second kappa shape index (κ2) is 16.0. The van der Waals surface area contributed by atoms with Crippen LogP contribution in [0.2, 0.25) is 0 Å². The predicted octanol–water partition coefficient (Wildman–Crippen LogP) is 8.36. The van der Waals surface area contributed by atoms with E-state index in [1.165, 1.54) is 41.5 Å². The van der Waals surface area contributed by atoms with E-state index in [9.17, 15) is 19.2 Å². The smallest absolute Gasteiger partial charge is 0.341 e. The minimum atomic E-state index is -0.670. The maximum Gasteiger partial charge on any atom is 0.341 e. The molecule has 1 aliphatic rings. The zero-order valence-electron chi connectivity index (χ0n) is 26.6. The summed E-state index contributed by atoms with van der Waals surface area (Å²) >= 11 is 4.22. The van der Waals surface area contributed by atoms with Crippen molar-refractivity contribution in [2.24, 2.45) is 0 Å². The molecular formula is C38H33N3O5S3. The Bertz CT molecular complexity index is 1990. The van der Waals surface area contributed by atoms with Crippen molar-refractivity contribution in [2.45, 2.75) is 35.8 Å². The van der Waals surface area contributed by atoms with Crippen LogP contribution in [0.1, 0.15) is 59.7 Å². The Kier molecular flexibility index (Phi) is 11.0. The van der Waals surface area contributed by atoms with Crippen molar-refractivity contribution in [3.05, 3.63) is 140 Å². The average Bonchev–Trinajstić information content (AvgIpc) is 3.78. The van der Waals surface area contributed by atoms with E-state index in [1.807, 2.05) is 60.0 Å². The lowest BCUT2D eigenvalue weighted by molar-refractivity contribution is -0.116. The normalized spacial score (nSPS) is 13.1. The van der Waals surface area contributed by atoms with Crippen molar-refractivity contribution in [1.82, 2.24) is 5.32 Å². The molecule has 3 aromatic carbocycles. The molecule has 3 N–H and O–H groups in total. The lowest BCUT2D eigenvalue weighted by Crippen LogP contribution is -2.30. The molecule has 0 aliphatic heterocycles. The Morgan fingerprint density at radius 2 is 1.61 bits per heavy atom. The fraction of sp³-hybridized carbons (Fsp3) is 0.158. The number of carbonyl (C=O) groups is 4. The van der Waals surface area contributed by atoms with Crippen LogP contribution in [-0.2, 0) is 27.2 Å². The summed E-state index contributed by atoms with van der Waals surface area (Å²) in [7, 11) is 1.35. The summed E-state index contributed by atoms with van der Waals surface area (Å²) in [6.07, 6.45) is 5.32. The molecule has 0 saturated heterocycles. The maximum absolute atomic E-state index is 14.0. The van der Waals surface area contributed by atoms with Crippen LogP contribution in [0.15, 0.2) is 113 Å². The van der Waals surface area contributed by atoms with Crippen molar-refractivity contribution >= 4 is 74.9 Å². The number of anilines is 2. The number of thioether (sulfide) groups is 1. The highest BCUT2D eigenvalue weighted by Crippen LogP contribution is 2.41. The molecule has 248 valence electrons. The number of rotatable bonds is 11. The average molecular weight is 708 g/mol. The Balaban J connectivity index is 1.23. The zero-order chi connectivity index (χ0) is 34.2. The van der Waals surface area contributed by atoms with E-state index in [2.05, 4.69) is 16.0 Å². The van der Waals surface area contributed by atoms with E-state index in [0.717, 1.165) is 51.5 Å². The number of amides is 3. The summed E-state index contributed by atoms with van der Waals surface area (Å²) in [5.74, 6) is -1.62. The molecular weight excluding hydrogens is 675 g/mol. The number of aryl methyl sites for hydroxylation is 1. The van der Waals surface area contributed by atoms with Crippen LogP contribution in [-0.4, -0.2) is 30.8 Å². The molecule has 0 bridgehead atoms. The first-order valence-electron chi connectivity index (χ1n) is 15.7. The van der Waals surface area contributed by atoms with Gasteiger partial charge in [-0.1, -0.05) is 60.7 Å². The molecule has 0 fully saturated rings. The lowest BCUT2D eigenvalue weighted by Gasteiger charge is -2.18. The van der Waals surface area contributed by atoms with Crippen molar-refractivity contribution in [3.8, 4) is 0 Å². The van der Waals surface area contributed by atoms with Crippen LogP contribution in [0, 0.1) is 0 Å². The SMILES string of the molecule is COC(=O)c1c(NC(=O)C(Sc2cccc(NC(=O)/C(=C/c3cccs3)NC(=O)c3ccccc3)c2)c2ccccc2)sc2c1CCCC2. The van der Waals surface area contributed by atoms with Crippen LogP contribution in [0.25, 0.3) is 6.08 Å². The van der Waals surface area contributed by atoms with Gasteiger partial charge >= 0.3 is 5.97 Å². The standard InChI is InChI=1S/C38H33N3O5S3/c1-46-38(45)32-29-19-8-9-20-31(29)49-37(32)41-36(44)33(24-12-4-2-5-13-24)48-28-17-10-16-26(22-28)39-35(43)30(23-27-18-11-21-47-27)40-34(42)25-14-6-3-7-15-25/h2-7,10-18,21-23,33H,8-9,19-20H2,1H3,(H,39,43)(H,40,42)(H,41,44)/b30-23-. The first-order valence-corrected chi connectivity index (χ1v) is 18.3. The van der Waals surface area contributed by atoms with Gasteiger partial charge in [0.1, 0.15) is 15.9 Å². The Labute approximate surface area is 296 Å². The van der Waals surface area contributed by atoms with Gasteiger partial charge in [0, 0.05) is 25.9 Å². The number of carbonyl (C=O) groups excluding carboxylic acids is 4. The first-order chi connectivity index (χ1) is 23.9. The van der Waals surface area contributed by atoms with E-state index in [1.54, 1.807) is 48.5 Å². The Hall–Kier alpha value is -4.97. The minimum Gasteiger partial charge on any atom is -0.465 e. The zero-order valence-corrected chi connectivity index (χ0v) is 29.0. The molecule has 11 heteroatoms. The molecule has 1 atom stereocenters. The van der Waals surface area contributed by atoms with Gasteiger partial charge < -0.3 is 20.7 Å². The second-order valence-electron chi connectivity index (χ2n) is 11.2. The van der Waals surface area contributed by atoms with Gasteiger partial charge in [-0.15, -0.1) is 34.4 Å². The quantitative estimate of drug-likeness (QED) is 0.0723. The third-order valence-corrected chi connectivity index (χ3v) is 11.1. The van der Waals surface area contributed by atoms with Crippen LogP contribution >= 0.6 is 34.4 Å². The van der Waals surface area contributed by atoms with Crippen LogP contribution < -0.4 is 16.0 Å². The molecule has 3 amide bonds. The summed E-state index contributed by atoms with van der Waals surface area (Å²) in [4.78, 5) is 56.1. The highest BCUT2D eigenvalue weighted by atomic mass is 32.2. The number of nitrogens with one attached hydrogen (secondary N) is 3. The fourth-order valence-electron chi connectivity index (χ4n) is 5.49. The molecule has 1 unspecified atom stereocenters. The minimum absolute atomic E-state index is 0.0935. The summed E-state index contributed by atoms with van der Waals surface area (Å²) < 4.78 is 5.11. The van der Waals surface area contributed by atoms with Gasteiger partial charge in [-0.3, -0.25) is 14.4 Å². The fourth-order valence-corrected chi connectivity index (χ4v) is 8.51. The molecule has 2 aromatic heterocycles. The van der Waals surface area contributed by atoms with E-state index in [-0.39, 0.29) is 11.6 Å². The predicted molar refractivity (Wildman–Crippen MR) is 197 cm³/mol. The van der Waals surface area contributed by atoms with Crippen LogP contribution in [0.4, 0.5) is 10.7 Å². The number of ether oxygens (including phenoxy) is 1. The number of esters is 1. The molecule has 2 heterocycles. The second-order valence-corrected chi connectivity index (χ2v) is 14.4. The molecule has 6 rings (SSSR count). The monoisotopic (exact) mass is 707 g/mol. The summed E-state index contributed by atoms with van der Waals surface area (Å²) in [6.45, 7) is 0. The number of benzene rings is 3. The summed E-state index contributed by atoms with van der Waals surface area (Å²) in [5, 5.41) is 10.5. The summed E-state index contributed by atoms with van der Waals surface area (Å²) in [6, 6.07) is 29.0. The molecule has 0 spiro atoms. The Morgan fingerprint density at radius 1 is 0.857 bits per heavy atom. The van der Waals surface area contributed by atoms with Gasteiger partial charge in [0.2, 0.25) is 5.91 Å². The van der Waals surface area contributed by atoms with Crippen molar-refractivity contribution in [1.29, 1.82) is 0 Å².